The third-order valence-corrected chi connectivity index (χ3v) is 6.15. The topological polar surface area (TPSA) is 104 Å². The lowest BCUT2D eigenvalue weighted by molar-refractivity contribution is 0.221. The van der Waals surface area contributed by atoms with Crippen LogP contribution in [-0.4, -0.2) is 63.4 Å². The van der Waals surface area contributed by atoms with Crippen molar-refractivity contribution in [2.45, 2.75) is 20.8 Å². The zero-order chi connectivity index (χ0) is 25.7. The molecule has 0 fully saturated rings. The highest BCUT2D eigenvalue weighted by Gasteiger charge is 2.21. The molecule has 2 heterocycles. The highest BCUT2D eigenvalue weighted by Crippen LogP contribution is 2.34. The van der Waals surface area contributed by atoms with Gasteiger partial charge in [0, 0.05) is 29.4 Å². The number of hydrogen-bond acceptors (Lipinski definition) is 8. The van der Waals surface area contributed by atoms with Crippen LogP contribution in [0.4, 0.5) is 10.2 Å². The van der Waals surface area contributed by atoms with Crippen LogP contribution in [0.15, 0.2) is 48.7 Å². The van der Waals surface area contributed by atoms with Crippen molar-refractivity contribution in [3.8, 4) is 39.7 Å². The van der Waals surface area contributed by atoms with Gasteiger partial charge in [0.1, 0.15) is 29.6 Å². The molecule has 10 heteroatoms. The molecular weight excluding hydrogens is 461 g/mol. The van der Waals surface area contributed by atoms with E-state index in [1.807, 2.05) is 30.3 Å². The molecule has 0 amide bonds. The number of aromatic nitrogens is 5. The van der Waals surface area contributed by atoms with Gasteiger partial charge in [-0.05, 0) is 54.7 Å². The number of para-hydroxylation sites is 1. The number of halogens is 1. The lowest BCUT2D eigenvalue weighted by Gasteiger charge is -2.19. The molecule has 9 nitrogen and oxygen atoms in total. The summed E-state index contributed by atoms with van der Waals surface area (Å²) in [6, 6.07) is 12.7. The van der Waals surface area contributed by atoms with Gasteiger partial charge in [0.2, 0.25) is 0 Å². The zero-order valence-electron chi connectivity index (χ0n) is 20.9. The highest BCUT2D eigenvalue weighted by atomic mass is 19.1. The summed E-state index contributed by atoms with van der Waals surface area (Å²) in [5.74, 6) is 1.19. The Hall–Kier alpha value is -4.05. The monoisotopic (exact) mass is 491 g/mol. The van der Waals surface area contributed by atoms with Crippen LogP contribution < -0.4 is 15.2 Å². The maximum absolute atomic E-state index is 15.5. The van der Waals surface area contributed by atoms with E-state index in [1.165, 1.54) is 4.68 Å². The van der Waals surface area contributed by atoms with Gasteiger partial charge in [-0.2, -0.15) is 4.68 Å². The Kier molecular flexibility index (Phi) is 7.74. The first-order valence-electron chi connectivity index (χ1n) is 11.8. The highest BCUT2D eigenvalue weighted by molar-refractivity contribution is 5.79. The predicted octanol–water partition coefficient (Wildman–Crippen LogP) is 4.15. The molecule has 4 aromatic rings. The van der Waals surface area contributed by atoms with Crippen molar-refractivity contribution in [3.05, 3.63) is 60.0 Å². The smallest absolute Gasteiger partial charge is 0.190 e. The van der Waals surface area contributed by atoms with Gasteiger partial charge >= 0.3 is 0 Å². The Labute approximate surface area is 209 Å². The van der Waals surface area contributed by atoms with Gasteiger partial charge in [-0.15, -0.1) is 5.10 Å². The maximum Gasteiger partial charge on any atom is 0.190 e. The number of methoxy groups -OCH3 is 1. The fraction of sp³-hybridized carbons (Fsp3) is 0.308. The molecular formula is C26H30FN7O2. The van der Waals surface area contributed by atoms with Gasteiger partial charge in [0.25, 0.3) is 0 Å². The molecule has 0 spiro atoms. The number of nitrogen functional groups attached to an aromatic ring is 1. The van der Waals surface area contributed by atoms with Crippen molar-refractivity contribution >= 4 is 5.82 Å². The lowest BCUT2D eigenvalue weighted by atomic mass is 10.0. The number of anilines is 1. The fourth-order valence-electron chi connectivity index (χ4n) is 4.00. The Morgan fingerprint density at radius 2 is 1.83 bits per heavy atom. The van der Waals surface area contributed by atoms with E-state index < -0.39 is 5.82 Å². The van der Waals surface area contributed by atoms with E-state index in [1.54, 1.807) is 32.4 Å². The SMILES string of the molecule is CCN(CC)CCOc1ccc(-n2nnnc2-c2cc(-c3ccccc3OC)cnc2N)c(F)c1C. The predicted molar refractivity (Wildman–Crippen MR) is 137 cm³/mol. The number of likely N-dealkylation sites (N-methyl/N-ethyl adjacent to an activating group) is 1. The van der Waals surface area contributed by atoms with Gasteiger partial charge in [-0.25, -0.2) is 9.37 Å². The zero-order valence-corrected chi connectivity index (χ0v) is 20.9. The Morgan fingerprint density at radius 3 is 2.58 bits per heavy atom. The molecule has 36 heavy (non-hydrogen) atoms. The number of benzene rings is 2. The number of nitrogens with two attached hydrogens (primary N) is 1. The summed E-state index contributed by atoms with van der Waals surface area (Å²) in [7, 11) is 1.60. The molecule has 0 aliphatic carbocycles. The molecule has 0 bridgehead atoms. The molecule has 2 aromatic heterocycles. The summed E-state index contributed by atoms with van der Waals surface area (Å²) in [4.78, 5) is 6.57. The van der Waals surface area contributed by atoms with E-state index in [9.17, 15) is 0 Å². The van der Waals surface area contributed by atoms with Gasteiger partial charge < -0.3 is 20.1 Å². The van der Waals surface area contributed by atoms with Crippen LogP contribution in [0.1, 0.15) is 19.4 Å². The first-order valence-corrected chi connectivity index (χ1v) is 11.8. The second-order valence-corrected chi connectivity index (χ2v) is 8.17. The van der Waals surface area contributed by atoms with E-state index >= 15 is 4.39 Å². The van der Waals surface area contributed by atoms with Gasteiger partial charge in [-0.1, -0.05) is 32.0 Å². The number of hydrogen-bond donors (Lipinski definition) is 1. The first kappa shape index (κ1) is 25.1. The van der Waals surface area contributed by atoms with Crippen molar-refractivity contribution in [3.63, 3.8) is 0 Å². The quantitative estimate of drug-likeness (QED) is 0.353. The summed E-state index contributed by atoms with van der Waals surface area (Å²) in [5.41, 5.74) is 8.83. The number of pyridine rings is 1. The minimum absolute atomic E-state index is 0.186. The number of tetrazole rings is 1. The van der Waals surface area contributed by atoms with Crippen molar-refractivity contribution in [1.82, 2.24) is 30.1 Å². The average molecular weight is 492 g/mol. The van der Waals surface area contributed by atoms with Crippen LogP contribution in [0, 0.1) is 12.7 Å². The molecule has 4 rings (SSSR count). The summed E-state index contributed by atoms with van der Waals surface area (Å²) < 4.78 is 28.2. The summed E-state index contributed by atoms with van der Waals surface area (Å²) in [6.07, 6.45) is 1.65. The van der Waals surface area contributed by atoms with E-state index in [0.717, 1.165) is 30.8 Å². The Bertz CT molecular complexity index is 1340. The molecule has 2 aromatic carbocycles. The fourth-order valence-corrected chi connectivity index (χ4v) is 4.00. The largest absolute Gasteiger partial charge is 0.496 e. The van der Waals surface area contributed by atoms with Crippen LogP contribution >= 0.6 is 0 Å². The normalized spacial score (nSPS) is 11.2. The summed E-state index contributed by atoms with van der Waals surface area (Å²) in [6.45, 7) is 8.97. The van der Waals surface area contributed by atoms with Crippen LogP contribution in [0.3, 0.4) is 0 Å². The van der Waals surface area contributed by atoms with E-state index in [2.05, 4.69) is 39.3 Å². The Morgan fingerprint density at radius 1 is 1.06 bits per heavy atom. The molecule has 0 aliphatic rings. The third kappa shape index (κ3) is 4.99. The molecule has 2 N–H and O–H groups in total. The van der Waals surface area contributed by atoms with Crippen LogP contribution in [0.5, 0.6) is 11.5 Å². The number of nitrogens with zero attached hydrogens (tertiary/aromatic N) is 6. The Balaban J connectivity index is 1.67. The lowest BCUT2D eigenvalue weighted by Crippen LogP contribution is -2.28. The minimum atomic E-state index is -0.476. The van der Waals surface area contributed by atoms with Gasteiger partial charge in [0.15, 0.2) is 11.6 Å². The van der Waals surface area contributed by atoms with Crippen molar-refractivity contribution in [2.75, 3.05) is 39.1 Å². The summed E-state index contributed by atoms with van der Waals surface area (Å²) >= 11 is 0. The standard InChI is InChI=1S/C26H30FN7O2/c1-5-33(6-2)13-14-36-22-12-11-21(24(27)17(22)3)34-26(30-31-32-34)20-15-18(16-29-25(20)28)19-9-7-8-10-23(19)35-4/h7-12,15-16H,5-6,13-14H2,1-4H3,(H2,28,29). The van der Waals surface area contributed by atoms with Crippen LogP contribution in [0.25, 0.3) is 28.2 Å². The van der Waals surface area contributed by atoms with Crippen LogP contribution in [-0.2, 0) is 0 Å². The second kappa shape index (κ2) is 11.1. The average Bonchev–Trinajstić information content (AvgIpc) is 3.38. The second-order valence-electron chi connectivity index (χ2n) is 8.17. The summed E-state index contributed by atoms with van der Waals surface area (Å²) in [5, 5.41) is 12.0. The van der Waals surface area contributed by atoms with Crippen molar-refractivity contribution in [1.29, 1.82) is 0 Å². The molecule has 0 radical (unpaired) electrons. The van der Waals surface area contributed by atoms with E-state index in [-0.39, 0.29) is 17.3 Å². The first-order chi connectivity index (χ1) is 17.5. The van der Waals surface area contributed by atoms with Crippen molar-refractivity contribution < 1.29 is 13.9 Å². The number of rotatable bonds is 10. The molecule has 0 saturated carbocycles. The van der Waals surface area contributed by atoms with Crippen molar-refractivity contribution in [2.24, 2.45) is 0 Å². The third-order valence-electron chi connectivity index (χ3n) is 6.15. The molecule has 0 unspecified atom stereocenters. The molecule has 188 valence electrons. The maximum atomic E-state index is 15.5. The molecule has 0 atom stereocenters. The van der Waals surface area contributed by atoms with Gasteiger partial charge in [-0.3, -0.25) is 0 Å². The minimum Gasteiger partial charge on any atom is -0.496 e. The number of ether oxygens (including phenoxy) is 2. The van der Waals surface area contributed by atoms with Gasteiger partial charge in [0.05, 0.1) is 12.7 Å². The van der Waals surface area contributed by atoms with E-state index in [4.69, 9.17) is 15.2 Å². The molecule has 0 aliphatic heterocycles. The van der Waals surface area contributed by atoms with Crippen LogP contribution in [0.2, 0.25) is 0 Å². The van der Waals surface area contributed by atoms with E-state index in [0.29, 0.717) is 29.2 Å². The molecule has 0 saturated heterocycles.